The van der Waals surface area contributed by atoms with Crippen molar-refractivity contribution in [2.24, 2.45) is 23.7 Å². The van der Waals surface area contributed by atoms with E-state index >= 15 is 0 Å². The monoisotopic (exact) mass is 819 g/mol. The average Bonchev–Trinajstić information content (AvgIpc) is 3.22. The molecule has 4 aliphatic rings. The number of hydrogen-bond donors (Lipinski definition) is 1. The van der Waals surface area contributed by atoms with Crippen LogP contribution >= 0.6 is 0 Å². The third-order valence-corrected chi connectivity index (χ3v) is 11.8. The second-order valence-electron chi connectivity index (χ2n) is 18.7. The van der Waals surface area contributed by atoms with Crippen LogP contribution in [-0.4, -0.2) is 132 Å². The maximum absolute atomic E-state index is 13.0. The van der Waals surface area contributed by atoms with Gasteiger partial charge >= 0.3 is 12.2 Å². The highest BCUT2D eigenvalue weighted by atomic mass is 16.6. The van der Waals surface area contributed by atoms with Gasteiger partial charge in [0.15, 0.2) is 0 Å². The molecule has 14 heteroatoms. The van der Waals surface area contributed by atoms with E-state index in [-0.39, 0.29) is 24.0 Å². The Bertz CT molecular complexity index is 1620. The maximum atomic E-state index is 13.0. The maximum Gasteiger partial charge on any atom is 0.410 e. The van der Waals surface area contributed by atoms with Crippen molar-refractivity contribution in [3.63, 3.8) is 0 Å². The summed E-state index contributed by atoms with van der Waals surface area (Å²) in [5.41, 5.74) is 1.39. The van der Waals surface area contributed by atoms with Gasteiger partial charge in [-0.15, -0.1) is 0 Å². The molecule has 0 atom stereocenters. The van der Waals surface area contributed by atoms with Gasteiger partial charge < -0.3 is 39.3 Å². The normalized spacial score (nSPS) is 22.7. The number of pyridine rings is 2. The van der Waals surface area contributed by atoms with Crippen molar-refractivity contribution in [1.29, 1.82) is 0 Å². The summed E-state index contributed by atoms with van der Waals surface area (Å²) in [5, 5.41) is 2.87. The van der Waals surface area contributed by atoms with Gasteiger partial charge in [-0.05, 0) is 129 Å². The zero-order valence-corrected chi connectivity index (χ0v) is 36.7. The lowest BCUT2D eigenvalue weighted by Crippen LogP contribution is -2.51. The second-order valence-corrected chi connectivity index (χ2v) is 18.7. The lowest BCUT2D eigenvalue weighted by atomic mass is 9.81. The van der Waals surface area contributed by atoms with Crippen LogP contribution in [0.1, 0.15) is 92.9 Å². The molecular weight excluding hydrogens is 749 g/mol. The number of anilines is 2. The lowest BCUT2D eigenvalue weighted by molar-refractivity contribution is -0.138. The molecule has 6 rings (SSSR count). The molecule has 2 saturated heterocycles. The molecule has 0 aromatic carbocycles. The first kappa shape index (κ1) is 45.5. The molecule has 0 bridgehead atoms. The zero-order chi connectivity index (χ0) is 42.6. The minimum absolute atomic E-state index is 0.125. The molecule has 2 aliphatic carbocycles. The van der Waals surface area contributed by atoms with E-state index in [4.69, 9.17) is 9.47 Å². The second kappa shape index (κ2) is 21.1. The molecule has 1 N–H and O–H groups in total. The van der Waals surface area contributed by atoms with E-state index in [0.29, 0.717) is 36.7 Å². The Balaban J connectivity index is 0.000000224. The Kier molecular flexibility index (Phi) is 16.2. The van der Waals surface area contributed by atoms with Crippen LogP contribution in [0.3, 0.4) is 0 Å². The minimum Gasteiger partial charge on any atom is -0.444 e. The molecule has 2 aliphatic heterocycles. The lowest BCUT2D eigenvalue weighted by Gasteiger charge is -2.39. The number of alkyl carbamates (subject to hydrolysis) is 1. The first-order valence-corrected chi connectivity index (χ1v) is 21.8. The van der Waals surface area contributed by atoms with E-state index in [1.807, 2.05) is 100 Å². The number of rotatable bonds is 8. The number of piperazine rings is 2. The standard InChI is InChI=1S/C23H36N4O3.C22H34N4O3/c1-23(2,3)30-22(29)25(4)17-18-5-7-19(8-6-18)21(28)27-15-13-26(14-16-27)20-9-11-24-12-10-20;1-22(2,3)29-21(28)24-16-17-4-6-18(7-5-17)20(27)26-14-12-25(13-15-26)19-8-10-23-11-9-19/h9-12,18-19H,5-8,13-17H2,1-4H3;8-11,17-18H,4-7,12-16H2,1-3H3,(H,24,28). The van der Waals surface area contributed by atoms with Gasteiger partial charge in [0.25, 0.3) is 0 Å². The molecule has 2 saturated carbocycles. The molecular formula is C45H70N8O6. The highest BCUT2D eigenvalue weighted by molar-refractivity contribution is 5.80. The van der Waals surface area contributed by atoms with Gasteiger partial charge in [0.2, 0.25) is 11.8 Å². The van der Waals surface area contributed by atoms with Crippen molar-refractivity contribution in [2.45, 2.75) is 104 Å². The number of amides is 4. The van der Waals surface area contributed by atoms with Crippen LogP contribution < -0.4 is 15.1 Å². The van der Waals surface area contributed by atoms with E-state index in [9.17, 15) is 19.2 Å². The number of aromatic nitrogens is 2. The summed E-state index contributed by atoms with van der Waals surface area (Å²) in [6, 6.07) is 8.08. The van der Waals surface area contributed by atoms with E-state index in [1.54, 1.807) is 11.9 Å². The average molecular weight is 819 g/mol. The number of carbonyl (C=O) groups is 4. The highest BCUT2D eigenvalue weighted by Crippen LogP contribution is 2.32. The third kappa shape index (κ3) is 14.6. The van der Waals surface area contributed by atoms with E-state index < -0.39 is 11.2 Å². The fourth-order valence-electron chi connectivity index (χ4n) is 8.55. The molecule has 2 aromatic rings. The number of nitrogens with one attached hydrogen (secondary N) is 1. The molecule has 0 spiro atoms. The van der Waals surface area contributed by atoms with E-state index in [0.717, 1.165) is 104 Å². The van der Waals surface area contributed by atoms with Crippen molar-refractivity contribution in [3.05, 3.63) is 49.1 Å². The van der Waals surface area contributed by atoms with Crippen LogP contribution in [0.2, 0.25) is 0 Å². The molecule has 4 amide bonds. The summed E-state index contributed by atoms with van der Waals surface area (Å²) in [7, 11) is 1.80. The van der Waals surface area contributed by atoms with Gasteiger partial charge in [-0.3, -0.25) is 19.6 Å². The van der Waals surface area contributed by atoms with Crippen molar-refractivity contribution in [1.82, 2.24) is 30.0 Å². The van der Waals surface area contributed by atoms with Gasteiger partial charge in [0.05, 0.1) is 0 Å². The number of carbonyl (C=O) groups excluding carboxylic acids is 4. The predicted molar refractivity (Wildman–Crippen MR) is 230 cm³/mol. The fourth-order valence-corrected chi connectivity index (χ4v) is 8.55. The summed E-state index contributed by atoms with van der Waals surface area (Å²) in [4.78, 5) is 68.4. The van der Waals surface area contributed by atoms with Crippen LogP contribution in [0.25, 0.3) is 0 Å². The molecule has 59 heavy (non-hydrogen) atoms. The molecule has 14 nitrogen and oxygen atoms in total. The summed E-state index contributed by atoms with van der Waals surface area (Å²) < 4.78 is 10.7. The molecule has 0 unspecified atom stereocenters. The summed E-state index contributed by atoms with van der Waals surface area (Å²) in [6.07, 6.45) is 14.2. The van der Waals surface area contributed by atoms with Gasteiger partial charge in [0, 0.05) is 120 Å². The van der Waals surface area contributed by atoms with Crippen molar-refractivity contribution >= 4 is 35.4 Å². The zero-order valence-electron chi connectivity index (χ0n) is 36.7. The summed E-state index contributed by atoms with van der Waals surface area (Å²) in [5.74, 6) is 1.73. The molecule has 4 fully saturated rings. The predicted octanol–water partition coefficient (Wildman–Crippen LogP) is 6.46. The Morgan fingerprint density at radius 2 is 1.00 bits per heavy atom. The first-order chi connectivity index (χ1) is 28.0. The SMILES string of the molecule is CC(C)(C)OC(=O)NCC1CCC(C(=O)N2CCN(c3ccncc3)CC2)CC1.CN(CC1CCC(C(=O)N2CCN(c3ccncc3)CC2)CC1)C(=O)OC(C)(C)C. The minimum atomic E-state index is -0.477. The Morgan fingerprint density at radius 1 is 0.610 bits per heavy atom. The van der Waals surface area contributed by atoms with Gasteiger partial charge in [-0.25, -0.2) is 9.59 Å². The highest BCUT2D eigenvalue weighted by Gasteiger charge is 2.34. The van der Waals surface area contributed by atoms with Gasteiger partial charge in [0.1, 0.15) is 11.2 Å². The fraction of sp³-hybridized carbons (Fsp3) is 0.689. The number of hydrogen-bond acceptors (Lipinski definition) is 10. The number of nitrogens with zero attached hydrogens (tertiary/aromatic N) is 7. The molecule has 4 heterocycles. The molecule has 326 valence electrons. The van der Waals surface area contributed by atoms with Crippen LogP contribution in [0.5, 0.6) is 0 Å². The largest absolute Gasteiger partial charge is 0.444 e. The summed E-state index contributed by atoms with van der Waals surface area (Å²) in [6.45, 7) is 19.1. The van der Waals surface area contributed by atoms with Gasteiger partial charge in [-0.2, -0.15) is 0 Å². The van der Waals surface area contributed by atoms with Crippen LogP contribution in [0.4, 0.5) is 21.0 Å². The molecule has 2 aromatic heterocycles. The Labute approximate surface area is 352 Å². The molecule has 0 radical (unpaired) electrons. The quantitative estimate of drug-likeness (QED) is 0.316. The van der Waals surface area contributed by atoms with Crippen LogP contribution in [0.15, 0.2) is 49.1 Å². The van der Waals surface area contributed by atoms with E-state index in [2.05, 4.69) is 25.1 Å². The number of ether oxygens (including phenoxy) is 2. The van der Waals surface area contributed by atoms with Crippen molar-refractivity contribution in [2.75, 3.05) is 82.3 Å². The smallest absolute Gasteiger partial charge is 0.410 e. The topological polar surface area (TPSA) is 141 Å². The first-order valence-electron chi connectivity index (χ1n) is 21.8. The Morgan fingerprint density at radius 3 is 1.39 bits per heavy atom. The Hall–Kier alpha value is -4.62. The van der Waals surface area contributed by atoms with Crippen LogP contribution in [0, 0.1) is 23.7 Å². The van der Waals surface area contributed by atoms with Crippen molar-refractivity contribution in [3.8, 4) is 0 Å². The van der Waals surface area contributed by atoms with Crippen molar-refractivity contribution < 1.29 is 28.7 Å². The third-order valence-electron chi connectivity index (χ3n) is 11.8. The van der Waals surface area contributed by atoms with Gasteiger partial charge in [-0.1, -0.05) is 0 Å². The van der Waals surface area contributed by atoms with E-state index in [1.165, 1.54) is 11.4 Å². The summed E-state index contributed by atoms with van der Waals surface area (Å²) >= 11 is 0. The van der Waals surface area contributed by atoms with Crippen LogP contribution in [-0.2, 0) is 19.1 Å².